The summed E-state index contributed by atoms with van der Waals surface area (Å²) in [7, 11) is 1.65. The molecule has 2 aromatic carbocycles. The molecule has 0 saturated carbocycles. The second kappa shape index (κ2) is 7.72. The number of aromatic nitrogens is 2. The minimum absolute atomic E-state index is 0.670. The highest BCUT2D eigenvalue weighted by atomic mass is 16.5. The quantitative estimate of drug-likeness (QED) is 0.499. The van der Waals surface area contributed by atoms with Crippen molar-refractivity contribution in [1.29, 1.82) is 0 Å². The molecule has 0 bridgehead atoms. The average Bonchev–Trinajstić information content (AvgIpc) is 3.24. The second-order valence-corrected chi connectivity index (χ2v) is 7.44. The lowest BCUT2D eigenvalue weighted by Crippen LogP contribution is -2.36. The molecule has 0 atom stereocenters. The third-order valence-corrected chi connectivity index (χ3v) is 5.56. The number of pyridine rings is 1. The Balaban J connectivity index is 1.51. The van der Waals surface area contributed by atoms with E-state index in [-0.39, 0.29) is 0 Å². The van der Waals surface area contributed by atoms with Gasteiger partial charge in [-0.15, -0.1) is 0 Å². The number of benzene rings is 2. The van der Waals surface area contributed by atoms with Crippen molar-refractivity contribution in [1.82, 2.24) is 9.97 Å². The molecule has 30 heavy (non-hydrogen) atoms. The molecular formula is C24H24N4O2. The maximum absolute atomic E-state index is 6.07. The zero-order valence-electron chi connectivity index (χ0n) is 16.9. The summed E-state index contributed by atoms with van der Waals surface area (Å²) in [6.45, 7) is 3.44. The summed E-state index contributed by atoms with van der Waals surface area (Å²) < 4.78 is 10.8. The highest BCUT2D eigenvalue weighted by Gasteiger charge is 2.13. The van der Waals surface area contributed by atoms with Gasteiger partial charge in [0.15, 0.2) is 0 Å². The Morgan fingerprint density at radius 2 is 1.80 bits per heavy atom. The Bertz CT molecular complexity index is 1180. The van der Waals surface area contributed by atoms with Crippen LogP contribution >= 0.6 is 0 Å². The molecule has 3 N–H and O–H groups in total. The van der Waals surface area contributed by atoms with Crippen LogP contribution in [0.4, 0.5) is 11.4 Å². The van der Waals surface area contributed by atoms with E-state index < -0.39 is 0 Å². The van der Waals surface area contributed by atoms with Crippen LogP contribution in [-0.4, -0.2) is 43.4 Å². The van der Waals surface area contributed by atoms with Crippen molar-refractivity contribution in [2.45, 2.75) is 0 Å². The maximum atomic E-state index is 6.07. The smallest absolute Gasteiger partial charge is 0.138 e. The van der Waals surface area contributed by atoms with Gasteiger partial charge in [-0.2, -0.15) is 0 Å². The van der Waals surface area contributed by atoms with Crippen molar-refractivity contribution in [3.05, 3.63) is 60.8 Å². The van der Waals surface area contributed by atoms with Crippen LogP contribution in [0.15, 0.2) is 60.8 Å². The van der Waals surface area contributed by atoms with E-state index in [9.17, 15) is 0 Å². The number of methoxy groups -OCH3 is 1. The number of ether oxygens (including phenoxy) is 2. The molecule has 0 amide bonds. The van der Waals surface area contributed by atoms with E-state index in [4.69, 9.17) is 15.2 Å². The Kier molecular flexibility index (Phi) is 4.77. The number of hydrogen-bond donors (Lipinski definition) is 2. The summed E-state index contributed by atoms with van der Waals surface area (Å²) in [5.41, 5.74) is 13.1. The topological polar surface area (TPSA) is 76.4 Å². The van der Waals surface area contributed by atoms with Crippen molar-refractivity contribution in [2.24, 2.45) is 0 Å². The van der Waals surface area contributed by atoms with Gasteiger partial charge in [-0.1, -0.05) is 12.1 Å². The molecular weight excluding hydrogens is 376 g/mol. The number of H-pyrrole nitrogens is 1. The highest BCUT2D eigenvalue weighted by molar-refractivity contribution is 5.96. The summed E-state index contributed by atoms with van der Waals surface area (Å²) >= 11 is 0. The number of fused-ring (bicyclic) bond motifs is 1. The molecule has 3 heterocycles. The molecule has 152 valence electrons. The summed E-state index contributed by atoms with van der Waals surface area (Å²) in [4.78, 5) is 10.3. The number of nitrogens with two attached hydrogens (primary N) is 1. The highest BCUT2D eigenvalue weighted by Crippen LogP contribution is 2.34. The molecule has 0 unspecified atom stereocenters. The van der Waals surface area contributed by atoms with E-state index in [2.05, 4.69) is 45.2 Å². The predicted molar refractivity (Wildman–Crippen MR) is 121 cm³/mol. The van der Waals surface area contributed by atoms with Crippen molar-refractivity contribution in [3.63, 3.8) is 0 Å². The number of anilines is 2. The molecule has 4 aromatic rings. The van der Waals surface area contributed by atoms with Crippen LogP contribution in [0.3, 0.4) is 0 Å². The lowest BCUT2D eigenvalue weighted by molar-refractivity contribution is 0.122. The maximum Gasteiger partial charge on any atom is 0.138 e. The molecule has 1 fully saturated rings. The molecule has 6 nitrogen and oxygen atoms in total. The number of nitrogen functional groups attached to an aromatic ring is 1. The molecule has 2 aromatic heterocycles. The van der Waals surface area contributed by atoms with E-state index in [1.54, 1.807) is 7.11 Å². The van der Waals surface area contributed by atoms with Gasteiger partial charge in [0, 0.05) is 47.8 Å². The number of nitrogens with zero attached hydrogens (tertiary/aromatic N) is 2. The van der Waals surface area contributed by atoms with Crippen LogP contribution in [0.2, 0.25) is 0 Å². The van der Waals surface area contributed by atoms with Gasteiger partial charge in [-0.3, -0.25) is 0 Å². The molecule has 0 radical (unpaired) electrons. The van der Waals surface area contributed by atoms with Crippen molar-refractivity contribution in [2.75, 3.05) is 44.0 Å². The van der Waals surface area contributed by atoms with Crippen LogP contribution in [-0.2, 0) is 4.74 Å². The van der Waals surface area contributed by atoms with Gasteiger partial charge < -0.3 is 25.1 Å². The fourth-order valence-electron chi connectivity index (χ4n) is 4.00. The number of nitrogens with one attached hydrogen (secondary N) is 1. The van der Waals surface area contributed by atoms with Crippen molar-refractivity contribution < 1.29 is 9.47 Å². The molecule has 0 aliphatic carbocycles. The second-order valence-electron chi connectivity index (χ2n) is 7.44. The monoisotopic (exact) mass is 400 g/mol. The molecule has 1 saturated heterocycles. The Morgan fingerprint density at radius 1 is 1.00 bits per heavy atom. The molecule has 6 heteroatoms. The van der Waals surface area contributed by atoms with E-state index in [0.29, 0.717) is 5.69 Å². The SMILES string of the molecule is COc1cc(N)cc(-c2ccnc3[nH]c(-c4ccc(N5CCOCC5)cc4)cc23)c1. The van der Waals surface area contributed by atoms with Gasteiger partial charge >= 0.3 is 0 Å². The Labute approximate surface area is 175 Å². The first-order chi connectivity index (χ1) is 14.7. The van der Waals surface area contributed by atoms with Crippen molar-refractivity contribution >= 4 is 22.4 Å². The first kappa shape index (κ1) is 18.5. The van der Waals surface area contributed by atoms with Crippen LogP contribution < -0.4 is 15.4 Å². The molecule has 5 rings (SSSR count). The number of rotatable bonds is 4. The molecule has 1 aliphatic heterocycles. The normalized spacial score (nSPS) is 14.2. The lowest BCUT2D eigenvalue weighted by atomic mass is 10.0. The van der Waals surface area contributed by atoms with E-state index in [1.165, 1.54) is 5.69 Å². The summed E-state index contributed by atoms with van der Waals surface area (Å²) in [6, 6.07) is 18.6. The number of aromatic amines is 1. The fraction of sp³-hybridized carbons (Fsp3) is 0.208. The third kappa shape index (κ3) is 3.46. The van der Waals surface area contributed by atoms with Crippen LogP contribution in [0.25, 0.3) is 33.4 Å². The summed E-state index contributed by atoms with van der Waals surface area (Å²) in [6.07, 6.45) is 1.81. The van der Waals surface area contributed by atoms with Crippen molar-refractivity contribution in [3.8, 4) is 28.1 Å². The van der Waals surface area contributed by atoms with Gasteiger partial charge in [0.25, 0.3) is 0 Å². The van der Waals surface area contributed by atoms with Gasteiger partial charge in [0.2, 0.25) is 0 Å². The number of hydrogen-bond acceptors (Lipinski definition) is 5. The summed E-state index contributed by atoms with van der Waals surface area (Å²) in [5, 5.41) is 1.05. The molecule has 0 spiro atoms. The van der Waals surface area contributed by atoms with E-state index in [1.807, 2.05) is 30.5 Å². The lowest BCUT2D eigenvalue weighted by Gasteiger charge is -2.28. The third-order valence-electron chi connectivity index (χ3n) is 5.56. The zero-order valence-corrected chi connectivity index (χ0v) is 16.9. The first-order valence-electron chi connectivity index (χ1n) is 10.1. The fourth-order valence-corrected chi connectivity index (χ4v) is 4.00. The van der Waals surface area contributed by atoms with Gasteiger partial charge in [0.1, 0.15) is 11.4 Å². The number of morpholine rings is 1. The van der Waals surface area contributed by atoms with Gasteiger partial charge in [-0.25, -0.2) is 4.98 Å². The zero-order chi connectivity index (χ0) is 20.5. The van der Waals surface area contributed by atoms with E-state index in [0.717, 1.165) is 65.5 Å². The Morgan fingerprint density at radius 3 is 2.57 bits per heavy atom. The van der Waals surface area contributed by atoms with Gasteiger partial charge in [-0.05, 0) is 53.1 Å². The molecule has 1 aliphatic rings. The summed E-state index contributed by atoms with van der Waals surface area (Å²) in [5.74, 6) is 0.740. The van der Waals surface area contributed by atoms with E-state index >= 15 is 0 Å². The van der Waals surface area contributed by atoms with Crippen LogP contribution in [0.1, 0.15) is 0 Å². The largest absolute Gasteiger partial charge is 0.497 e. The average molecular weight is 400 g/mol. The van der Waals surface area contributed by atoms with Gasteiger partial charge in [0.05, 0.1) is 20.3 Å². The van der Waals surface area contributed by atoms with Crippen LogP contribution in [0, 0.1) is 0 Å². The minimum Gasteiger partial charge on any atom is -0.497 e. The van der Waals surface area contributed by atoms with Crippen LogP contribution in [0.5, 0.6) is 5.75 Å². The standard InChI is InChI=1S/C24H24N4O2/c1-29-20-13-17(12-18(25)14-20)21-6-7-26-24-22(21)15-23(27-24)16-2-4-19(5-3-16)28-8-10-30-11-9-28/h2-7,12-15H,8-11,25H2,1H3,(H,26,27). The first-order valence-corrected chi connectivity index (χ1v) is 10.1. The minimum atomic E-state index is 0.670. The predicted octanol–water partition coefficient (Wildman–Crippen LogP) is 4.32. The Hall–Kier alpha value is -3.51.